The summed E-state index contributed by atoms with van der Waals surface area (Å²) in [6, 6.07) is 8.54. The summed E-state index contributed by atoms with van der Waals surface area (Å²) in [4.78, 5) is 23.5. The van der Waals surface area contributed by atoms with Crippen molar-refractivity contribution in [2.24, 2.45) is 5.92 Å². The molecule has 1 aliphatic carbocycles. The lowest BCUT2D eigenvalue weighted by atomic mass is 10.2. The molecule has 1 aliphatic rings. The third-order valence-corrected chi connectivity index (χ3v) is 3.22. The predicted octanol–water partition coefficient (Wildman–Crippen LogP) is 2.58. The molecule has 0 radical (unpaired) electrons. The van der Waals surface area contributed by atoms with Crippen molar-refractivity contribution in [3.05, 3.63) is 41.8 Å². The molecule has 2 N–H and O–H groups in total. The molecule has 108 valence electrons. The Kier molecular flexibility index (Phi) is 3.43. The number of carbonyl (C=O) groups is 2. The Morgan fingerprint density at radius 3 is 2.29 bits per heavy atom. The fourth-order valence-electron chi connectivity index (χ4n) is 1.90. The molecule has 1 aromatic carbocycles. The van der Waals surface area contributed by atoms with Crippen LogP contribution in [0, 0.1) is 12.8 Å². The molecule has 0 spiro atoms. The van der Waals surface area contributed by atoms with E-state index in [2.05, 4.69) is 15.8 Å². The van der Waals surface area contributed by atoms with Crippen molar-refractivity contribution in [1.82, 2.24) is 5.16 Å². The molecule has 3 rings (SSSR count). The highest BCUT2D eigenvalue weighted by atomic mass is 16.5. The Morgan fingerprint density at radius 1 is 1.14 bits per heavy atom. The summed E-state index contributed by atoms with van der Waals surface area (Å²) >= 11 is 0. The average molecular weight is 285 g/mol. The quantitative estimate of drug-likeness (QED) is 0.904. The van der Waals surface area contributed by atoms with Gasteiger partial charge >= 0.3 is 0 Å². The zero-order valence-electron chi connectivity index (χ0n) is 11.6. The van der Waals surface area contributed by atoms with Gasteiger partial charge in [0.2, 0.25) is 5.91 Å². The van der Waals surface area contributed by atoms with Crippen molar-refractivity contribution in [2.75, 3.05) is 10.6 Å². The van der Waals surface area contributed by atoms with Crippen molar-refractivity contribution in [2.45, 2.75) is 19.8 Å². The summed E-state index contributed by atoms with van der Waals surface area (Å²) in [5, 5.41) is 9.20. The lowest BCUT2D eigenvalue weighted by molar-refractivity contribution is -0.117. The maximum Gasteiger partial charge on any atom is 0.277 e. The number of amides is 2. The molecule has 6 nitrogen and oxygen atoms in total. The summed E-state index contributed by atoms with van der Waals surface area (Å²) < 4.78 is 4.86. The third-order valence-electron chi connectivity index (χ3n) is 3.22. The Hall–Kier alpha value is -2.63. The molecule has 0 bridgehead atoms. The number of aromatic nitrogens is 1. The van der Waals surface area contributed by atoms with Crippen molar-refractivity contribution < 1.29 is 14.1 Å². The number of hydrogen-bond acceptors (Lipinski definition) is 4. The summed E-state index contributed by atoms with van der Waals surface area (Å²) in [7, 11) is 0. The van der Waals surface area contributed by atoms with E-state index in [1.54, 1.807) is 37.3 Å². The van der Waals surface area contributed by atoms with Crippen molar-refractivity contribution in [1.29, 1.82) is 0 Å². The van der Waals surface area contributed by atoms with Crippen LogP contribution in [-0.2, 0) is 4.79 Å². The van der Waals surface area contributed by atoms with Gasteiger partial charge in [0.05, 0.1) is 0 Å². The Balaban J connectivity index is 1.61. The molecule has 1 heterocycles. The van der Waals surface area contributed by atoms with E-state index >= 15 is 0 Å². The molecule has 21 heavy (non-hydrogen) atoms. The summed E-state index contributed by atoms with van der Waals surface area (Å²) in [5.74, 6) is 0.476. The second kappa shape index (κ2) is 5.40. The number of hydrogen-bond donors (Lipinski definition) is 2. The first-order valence-electron chi connectivity index (χ1n) is 6.77. The monoisotopic (exact) mass is 285 g/mol. The molecular formula is C15H15N3O3. The zero-order chi connectivity index (χ0) is 14.8. The fourth-order valence-corrected chi connectivity index (χ4v) is 1.90. The van der Waals surface area contributed by atoms with Crippen molar-refractivity contribution in [3.8, 4) is 0 Å². The lowest BCUT2D eigenvalue weighted by Gasteiger charge is -2.06. The molecule has 0 atom stereocenters. The van der Waals surface area contributed by atoms with Crippen LogP contribution in [0.4, 0.5) is 11.4 Å². The molecule has 0 aliphatic heterocycles. The number of aryl methyl sites for hydroxylation is 1. The minimum Gasteiger partial charge on any atom is -0.361 e. The normalized spacial score (nSPS) is 13.8. The first-order chi connectivity index (χ1) is 10.1. The van der Waals surface area contributed by atoms with Gasteiger partial charge in [0.25, 0.3) is 5.91 Å². The van der Waals surface area contributed by atoms with Gasteiger partial charge in [-0.05, 0) is 44.0 Å². The van der Waals surface area contributed by atoms with E-state index in [0.717, 1.165) is 18.5 Å². The molecule has 2 aromatic rings. The molecule has 1 saturated carbocycles. The second-order valence-electron chi connectivity index (χ2n) is 5.12. The molecule has 0 unspecified atom stereocenters. The van der Waals surface area contributed by atoms with E-state index in [4.69, 9.17) is 4.52 Å². The summed E-state index contributed by atoms with van der Waals surface area (Å²) in [6.45, 7) is 1.72. The van der Waals surface area contributed by atoms with E-state index in [-0.39, 0.29) is 23.4 Å². The van der Waals surface area contributed by atoms with Gasteiger partial charge in [-0.1, -0.05) is 5.16 Å². The standard InChI is InChI=1S/C15H15N3O3/c1-9-8-13(18-21-9)15(20)17-12-6-4-11(5-7-12)16-14(19)10-2-3-10/h4-8,10H,2-3H2,1H3,(H,16,19)(H,17,20). The Morgan fingerprint density at radius 2 is 1.76 bits per heavy atom. The van der Waals surface area contributed by atoms with Crippen LogP contribution >= 0.6 is 0 Å². The van der Waals surface area contributed by atoms with Gasteiger partial charge in [0.1, 0.15) is 5.76 Å². The maximum absolute atomic E-state index is 11.9. The van der Waals surface area contributed by atoms with Crippen LogP contribution in [0.15, 0.2) is 34.9 Å². The van der Waals surface area contributed by atoms with Crippen LogP contribution in [0.1, 0.15) is 29.1 Å². The van der Waals surface area contributed by atoms with Crippen molar-refractivity contribution in [3.63, 3.8) is 0 Å². The Bertz CT molecular complexity index is 672. The smallest absolute Gasteiger partial charge is 0.277 e. The van der Waals surface area contributed by atoms with Crippen LogP contribution in [-0.4, -0.2) is 17.0 Å². The first kappa shape index (κ1) is 13.4. The molecule has 6 heteroatoms. The van der Waals surface area contributed by atoms with Gasteiger partial charge in [-0.15, -0.1) is 0 Å². The predicted molar refractivity (Wildman–Crippen MR) is 77.0 cm³/mol. The minimum absolute atomic E-state index is 0.0601. The third kappa shape index (κ3) is 3.28. The number of nitrogens with zero attached hydrogens (tertiary/aromatic N) is 1. The highest BCUT2D eigenvalue weighted by Crippen LogP contribution is 2.30. The SMILES string of the molecule is Cc1cc(C(=O)Nc2ccc(NC(=O)C3CC3)cc2)no1. The van der Waals surface area contributed by atoms with Crippen LogP contribution < -0.4 is 10.6 Å². The van der Waals surface area contributed by atoms with Gasteiger partial charge in [-0.3, -0.25) is 9.59 Å². The highest BCUT2D eigenvalue weighted by molar-refractivity contribution is 6.03. The van der Waals surface area contributed by atoms with Gasteiger partial charge in [0.15, 0.2) is 5.69 Å². The largest absolute Gasteiger partial charge is 0.361 e. The summed E-state index contributed by atoms with van der Waals surface area (Å²) in [6.07, 6.45) is 1.94. The van der Waals surface area contributed by atoms with Gasteiger partial charge in [0, 0.05) is 23.4 Å². The molecular weight excluding hydrogens is 270 g/mol. The van der Waals surface area contributed by atoms with E-state index in [9.17, 15) is 9.59 Å². The molecule has 0 saturated heterocycles. The number of carbonyl (C=O) groups excluding carboxylic acids is 2. The lowest BCUT2D eigenvalue weighted by Crippen LogP contribution is -2.14. The Labute approximate surface area is 121 Å². The molecule has 2 amide bonds. The van der Waals surface area contributed by atoms with Gasteiger partial charge < -0.3 is 15.2 Å². The first-order valence-corrected chi connectivity index (χ1v) is 6.77. The van der Waals surface area contributed by atoms with Crippen LogP contribution in [0.2, 0.25) is 0 Å². The topological polar surface area (TPSA) is 84.2 Å². The average Bonchev–Trinajstić information content (AvgIpc) is 3.23. The zero-order valence-corrected chi connectivity index (χ0v) is 11.6. The van der Waals surface area contributed by atoms with Crippen LogP contribution in [0.25, 0.3) is 0 Å². The van der Waals surface area contributed by atoms with E-state index in [1.165, 1.54) is 0 Å². The molecule has 1 aromatic heterocycles. The van der Waals surface area contributed by atoms with E-state index < -0.39 is 0 Å². The fraction of sp³-hybridized carbons (Fsp3) is 0.267. The van der Waals surface area contributed by atoms with E-state index in [1.807, 2.05) is 0 Å². The number of rotatable bonds is 4. The van der Waals surface area contributed by atoms with Gasteiger partial charge in [-0.25, -0.2) is 0 Å². The van der Waals surface area contributed by atoms with Crippen LogP contribution in [0.3, 0.4) is 0 Å². The molecule has 1 fully saturated rings. The maximum atomic E-state index is 11.9. The van der Waals surface area contributed by atoms with Crippen molar-refractivity contribution >= 4 is 23.2 Å². The number of nitrogens with one attached hydrogen (secondary N) is 2. The van der Waals surface area contributed by atoms with Gasteiger partial charge in [-0.2, -0.15) is 0 Å². The number of anilines is 2. The van der Waals surface area contributed by atoms with E-state index in [0.29, 0.717) is 11.4 Å². The number of benzene rings is 1. The second-order valence-corrected chi connectivity index (χ2v) is 5.12. The minimum atomic E-state index is -0.332. The highest BCUT2D eigenvalue weighted by Gasteiger charge is 2.29. The van der Waals surface area contributed by atoms with Crippen LogP contribution in [0.5, 0.6) is 0 Å². The summed E-state index contributed by atoms with van der Waals surface area (Å²) in [5.41, 5.74) is 1.59.